The number of rotatable bonds is 3. The first-order chi connectivity index (χ1) is 9.81. The van der Waals surface area contributed by atoms with E-state index in [4.69, 9.17) is 5.73 Å². The zero-order valence-electron chi connectivity index (χ0n) is 12.6. The maximum atomic E-state index is 13.8. The fourth-order valence-corrected chi connectivity index (χ4v) is 2.24. The lowest BCUT2D eigenvalue weighted by Crippen LogP contribution is -2.15. The molecule has 1 heterocycles. The van der Waals surface area contributed by atoms with Gasteiger partial charge in [-0.15, -0.1) is 0 Å². The number of nitrogens with one attached hydrogen (secondary N) is 1. The van der Waals surface area contributed by atoms with E-state index in [1.54, 1.807) is 6.92 Å². The van der Waals surface area contributed by atoms with Crippen LogP contribution in [0.5, 0.6) is 0 Å². The number of halogens is 1. The second-order valence-corrected chi connectivity index (χ2v) is 5.28. The Morgan fingerprint density at radius 1 is 1.38 bits per heavy atom. The Hall–Kier alpha value is -2.37. The molecule has 1 amide bonds. The molecule has 0 saturated heterocycles. The first-order valence-corrected chi connectivity index (χ1v) is 6.73. The summed E-state index contributed by atoms with van der Waals surface area (Å²) in [5, 5.41) is 7.11. The number of anilines is 2. The van der Waals surface area contributed by atoms with Crippen LogP contribution in [0.15, 0.2) is 18.2 Å². The Morgan fingerprint density at radius 2 is 2.05 bits per heavy atom. The van der Waals surface area contributed by atoms with Crippen molar-refractivity contribution in [2.24, 2.45) is 0 Å². The molecule has 0 saturated carbocycles. The largest absolute Gasteiger partial charge is 0.399 e. The van der Waals surface area contributed by atoms with Gasteiger partial charge in [0.15, 0.2) is 0 Å². The van der Waals surface area contributed by atoms with Gasteiger partial charge in [0, 0.05) is 11.7 Å². The third-order valence-electron chi connectivity index (χ3n) is 3.29. The lowest BCUT2D eigenvalue weighted by Gasteiger charge is -2.10. The lowest BCUT2D eigenvalue weighted by molar-refractivity contribution is 0.102. The van der Waals surface area contributed by atoms with Gasteiger partial charge in [-0.3, -0.25) is 9.48 Å². The first-order valence-electron chi connectivity index (χ1n) is 6.73. The van der Waals surface area contributed by atoms with Crippen LogP contribution in [0.1, 0.15) is 41.6 Å². The van der Waals surface area contributed by atoms with Crippen LogP contribution in [0.4, 0.5) is 15.8 Å². The zero-order valence-corrected chi connectivity index (χ0v) is 12.6. The van der Waals surface area contributed by atoms with Gasteiger partial charge < -0.3 is 11.1 Å². The molecule has 1 aromatic carbocycles. The minimum atomic E-state index is -0.640. The number of nitrogens with two attached hydrogens (primary N) is 1. The summed E-state index contributed by atoms with van der Waals surface area (Å²) in [6, 6.07) is 4.18. The average Bonchev–Trinajstić information content (AvgIpc) is 2.66. The summed E-state index contributed by atoms with van der Waals surface area (Å²) >= 11 is 0. The number of aryl methyl sites for hydroxylation is 1. The van der Waals surface area contributed by atoms with Crippen LogP contribution in [0, 0.1) is 19.7 Å². The highest BCUT2D eigenvalue weighted by Gasteiger charge is 2.18. The molecule has 0 fully saturated rings. The van der Waals surface area contributed by atoms with Crippen molar-refractivity contribution in [3.05, 3.63) is 41.0 Å². The van der Waals surface area contributed by atoms with Crippen LogP contribution in [-0.4, -0.2) is 15.7 Å². The molecule has 0 unspecified atom stereocenters. The van der Waals surface area contributed by atoms with Crippen molar-refractivity contribution >= 4 is 17.3 Å². The minimum Gasteiger partial charge on any atom is -0.399 e. The average molecular weight is 290 g/mol. The number of amides is 1. The minimum absolute atomic E-state index is 0.0414. The van der Waals surface area contributed by atoms with Gasteiger partial charge in [0.2, 0.25) is 0 Å². The van der Waals surface area contributed by atoms with Crippen molar-refractivity contribution in [3.63, 3.8) is 0 Å². The van der Waals surface area contributed by atoms with E-state index >= 15 is 0 Å². The van der Waals surface area contributed by atoms with E-state index in [0.717, 1.165) is 11.8 Å². The van der Waals surface area contributed by atoms with Crippen LogP contribution < -0.4 is 11.1 Å². The Morgan fingerprint density at radius 3 is 2.57 bits per heavy atom. The van der Waals surface area contributed by atoms with E-state index in [1.807, 2.05) is 25.5 Å². The first kappa shape index (κ1) is 15.0. The molecule has 21 heavy (non-hydrogen) atoms. The van der Waals surface area contributed by atoms with Crippen LogP contribution >= 0.6 is 0 Å². The van der Waals surface area contributed by atoms with Gasteiger partial charge in [-0.2, -0.15) is 5.10 Å². The Bertz CT molecular complexity index is 691. The molecule has 6 heteroatoms. The molecular weight excluding hydrogens is 271 g/mol. The molecule has 1 aromatic heterocycles. The number of hydrogen-bond donors (Lipinski definition) is 2. The van der Waals surface area contributed by atoms with Gasteiger partial charge in [-0.1, -0.05) is 0 Å². The molecule has 112 valence electrons. The van der Waals surface area contributed by atoms with Crippen LogP contribution in [0.3, 0.4) is 0 Å². The molecular formula is C15H19FN4O. The quantitative estimate of drug-likeness (QED) is 0.853. The lowest BCUT2D eigenvalue weighted by atomic mass is 10.1. The van der Waals surface area contributed by atoms with Crippen molar-refractivity contribution in [2.75, 3.05) is 11.1 Å². The molecule has 0 aliphatic carbocycles. The zero-order chi connectivity index (χ0) is 15.7. The summed E-state index contributed by atoms with van der Waals surface area (Å²) in [7, 11) is 0. The Labute approximate surface area is 123 Å². The molecule has 2 aromatic rings. The van der Waals surface area contributed by atoms with E-state index in [-0.39, 0.29) is 17.3 Å². The maximum Gasteiger partial charge on any atom is 0.258 e. The fraction of sp³-hybridized carbons (Fsp3) is 0.333. The monoisotopic (exact) mass is 290 g/mol. The van der Waals surface area contributed by atoms with Crippen molar-refractivity contribution in [2.45, 2.75) is 33.7 Å². The van der Waals surface area contributed by atoms with E-state index in [0.29, 0.717) is 11.4 Å². The highest BCUT2D eigenvalue weighted by Crippen LogP contribution is 2.23. The van der Waals surface area contributed by atoms with Gasteiger partial charge in [0.05, 0.1) is 22.6 Å². The van der Waals surface area contributed by atoms with Crippen LogP contribution in [0.25, 0.3) is 0 Å². The normalized spacial score (nSPS) is 11.0. The van der Waals surface area contributed by atoms with Gasteiger partial charge in [0.25, 0.3) is 5.91 Å². The number of benzene rings is 1. The smallest absolute Gasteiger partial charge is 0.258 e. The molecule has 3 N–H and O–H groups in total. The summed E-state index contributed by atoms with van der Waals surface area (Å²) in [5.41, 5.74) is 7.87. The SMILES string of the molecule is Cc1nn(C(C)C)c(C)c1NC(=O)c1ccc(N)cc1F. The molecule has 0 bridgehead atoms. The summed E-state index contributed by atoms with van der Waals surface area (Å²) in [6.07, 6.45) is 0. The molecule has 5 nitrogen and oxygen atoms in total. The van der Waals surface area contributed by atoms with Gasteiger partial charge in [-0.25, -0.2) is 4.39 Å². The molecule has 0 aliphatic heterocycles. The Kier molecular flexibility index (Phi) is 3.97. The van der Waals surface area contributed by atoms with Crippen molar-refractivity contribution in [3.8, 4) is 0 Å². The standard InChI is InChI=1S/C15H19FN4O/c1-8(2)20-10(4)14(9(3)19-20)18-15(21)12-6-5-11(17)7-13(12)16/h5-8H,17H2,1-4H3,(H,18,21). The summed E-state index contributed by atoms with van der Waals surface area (Å²) in [5.74, 6) is -1.15. The number of nitrogens with zero attached hydrogens (tertiary/aromatic N) is 2. The van der Waals surface area contributed by atoms with Crippen LogP contribution in [0.2, 0.25) is 0 Å². The fourth-order valence-electron chi connectivity index (χ4n) is 2.24. The van der Waals surface area contributed by atoms with E-state index in [9.17, 15) is 9.18 Å². The summed E-state index contributed by atoms with van der Waals surface area (Å²) in [6.45, 7) is 7.69. The van der Waals surface area contributed by atoms with E-state index in [2.05, 4.69) is 10.4 Å². The Balaban J connectivity index is 2.32. The number of carbonyl (C=O) groups excluding carboxylic acids is 1. The van der Waals surface area contributed by atoms with Crippen molar-refractivity contribution in [1.82, 2.24) is 9.78 Å². The predicted molar refractivity (Wildman–Crippen MR) is 80.9 cm³/mol. The molecule has 0 spiro atoms. The summed E-state index contributed by atoms with van der Waals surface area (Å²) < 4.78 is 15.6. The molecule has 0 aliphatic rings. The number of carbonyl (C=O) groups is 1. The molecule has 0 radical (unpaired) electrons. The summed E-state index contributed by atoms with van der Waals surface area (Å²) in [4.78, 5) is 12.2. The second-order valence-electron chi connectivity index (χ2n) is 5.28. The predicted octanol–water partition coefficient (Wildman–Crippen LogP) is 3.05. The van der Waals surface area contributed by atoms with E-state index in [1.165, 1.54) is 12.1 Å². The maximum absolute atomic E-state index is 13.8. The molecule has 0 atom stereocenters. The number of hydrogen-bond acceptors (Lipinski definition) is 3. The topological polar surface area (TPSA) is 72.9 Å². The number of nitrogen functional groups attached to an aromatic ring is 1. The molecule has 2 rings (SSSR count). The third kappa shape index (κ3) is 2.89. The number of aromatic nitrogens is 2. The second kappa shape index (κ2) is 5.55. The highest BCUT2D eigenvalue weighted by atomic mass is 19.1. The third-order valence-corrected chi connectivity index (χ3v) is 3.29. The van der Waals surface area contributed by atoms with E-state index < -0.39 is 11.7 Å². The van der Waals surface area contributed by atoms with Gasteiger partial charge in [0.1, 0.15) is 5.82 Å². The van der Waals surface area contributed by atoms with Crippen LogP contribution in [-0.2, 0) is 0 Å². The van der Waals surface area contributed by atoms with Gasteiger partial charge in [-0.05, 0) is 45.9 Å². The highest BCUT2D eigenvalue weighted by molar-refractivity contribution is 6.05. The van der Waals surface area contributed by atoms with Crippen molar-refractivity contribution < 1.29 is 9.18 Å². The van der Waals surface area contributed by atoms with Gasteiger partial charge >= 0.3 is 0 Å². The van der Waals surface area contributed by atoms with Crippen molar-refractivity contribution in [1.29, 1.82) is 0 Å².